The van der Waals surface area contributed by atoms with Crippen LogP contribution >= 0.6 is 0 Å². The number of ether oxygens (including phenoxy) is 4. The van der Waals surface area contributed by atoms with Crippen LogP contribution in [-0.2, 0) is 29.3 Å². The van der Waals surface area contributed by atoms with Gasteiger partial charge in [-0.15, -0.1) is 0 Å². The Morgan fingerprint density at radius 2 is 1.43 bits per heavy atom. The van der Waals surface area contributed by atoms with E-state index in [9.17, 15) is 9.59 Å². The van der Waals surface area contributed by atoms with Gasteiger partial charge in [-0.25, -0.2) is 9.59 Å². The van der Waals surface area contributed by atoms with E-state index in [2.05, 4.69) is 0 Å². The Balaban J connectivity index is 1.35. The average molecular weight is 549 g/mol. The number of hydrogen-bond acceptors (Lipinski definition) is 6. The molecular formula is C33H42NO6+. The molecule has 40 heavy (non-hydrogen) atoms. The zero-order valence-electron chi connectivity index (χ0n) is 23.5. The van der Waals surface area contributed by atoms with Crippen LogP contribution in [0.3, 0.4) is 0 Å². The largest absolute Gasteiger partial charge is 0.510 e. The zero-order valence-corrected chi connectivity index (χ0v) is 23.5. The molecule has 3 unspecified atom stereocenters. The van der Waals surface area contributed by atoms with Crippen molar-refractivity contribution >= 4 is 12.1 Å². The number of esters is 1. The summed E-state index contributed by atoms with van der Waals surface area (Å²) in [7, 11) is 0. The molecule has 3 saturated heterocycles. The fraction of sp³-hybridized carbons (Fsp3) is 0.576. The normalized spacial score (nSPS) is 26.2. The topological polar surface area (TPSA) is 71.1 Å². The van der Waals surface area contributed by atoms with Gasteiger partial charge in [-0.2, -0.15) is 0 Å². The predicted octanol–water partition coefficient (Wildman–Crippen LogP) is 6.09. The van der Waals surface area contributed by atoms with E-state index in [0.717, 1.165) is 32.1 Å². The van der Waals surface area contributed by atoms with Gasteiger partial charge in [-0.05, 0) is 30.9 Å². The van der Waals surface area contributed by atoms with Gasteiger partial charge in [0.15, 0.2) is 0 Å². The first-order valence-electron chi connectivity index (χ1n) is 15.2. The smallest absolute Gasteiger partial charge is 0.459 e. The summed E-state index contributed by atoms with van der Waals surface area (Å²) in [6.07, 6.45) is 7.68. The van der Waals surface area contributed by atoms with Crippen LogP contribution in [0, 0.1) is 5.92 Å². The molecular weight excluding hydrogens is 506 g/mol. The summed E-state index contributed by atoms with van der Waals surface area (Å²) in [6, 6.07) is 20.1. The molecule has 3 aliphatic heterocycles. The Hall–Kier alpha value is -2.90. The lowest BCUT2D eigenvalue weighted by Crippen LogP contribution is -2.60. The van der Waals surface area contributed by atoms with Crippen molar-refractivity contribution in [2.45, 2.75) is 94.8 Å². The van der Waals surface area contributed by atoms with Crippen LogP contribution in [0.4, 0.5) is 4.79 Å². The van der Waals surface area contributed by atoms with Crippen LogP contribution in [0.2, 0.25) is 0 Å². The van der Waals surface area contributed by atoms with E-state index in [4.69, 9.17) is 18.9 Å². The van der Waals surface area contributed by atoms with E-state index in [1.807, 2.05) is 60.7 Å². The van der Waals surface area contributed by atoms with Gasteiger partial charge >= 0.3 is 12.1 Å². The number of nitrogens with zero attached hydrogens (tertiary/aromatic N) is 1. The van der Waals surface area contributed by atoms with E-state index in [-0.39, 0.29) is 18.6 Å². The molecule has 214 valence electrons. The molecule has 1 spiro atoms. The van der Waals surface area contributed by atoms with Crippen LogP contribution in [-0.4, -0.2) is 60.8 Å². The first kappa shape index (κ1) is 27.3. The van der Waals surface area contributed by atoms with Gasteiger partial charge in [0.05, 0.1) is 31.8 Å². The lowest BCUT2D eigenvalue weighted by atomic mass is 9.82. The van der Waals surface area contributed by atoms with Crippen LogP contribution in [0.25, 0.3) is 0 Å². The van der Waals surface area contributed by atoms with Crippen molar-refractivity contribution in [2.24, 2.45) is 5.92 Å². The predicted molar refractivity (Wildman–Crippen MR) is 149 cm³/mol. The van der Waals surface area contributed by atoms with Crippen molar-refractivity contribution in [2.75, 3.05) is 19.7 Å². The molecule has 1 aliphatic carbocycles. The molecule has 1 saturated carbocycles. The first-order chi connectivity index (χ1) is 19.5. The Labute approximate surface area is 237 Å². The zero-order chi connectivity index (χ0) is 27.6. The molecule has 4 aliphatic rings. The molecule has 0 aromatic heterocycles. The summed E-state index contributed by atoms with van der Waals surface area (Å²) >= 11 is 0. The third kappa shape index (κ3) is 4.92. The van der Waals surface area contributed by atoms with Gasteiger partial charge < -0.3 is 23.4 Å². The highest BCUT2D eigenvalue weighted by Crippen LogP contribution is 2.47. The monoisotopic (exact) mass is 548 g/mol. The fourth-order valence-electron chi connectivity index (χ4n) is 7.82. The molecule has 3 heterocycles. The molecule has 2 aromatic rings. The summed E-state index contributed by atoms with van der Waals surface area (Å²) in [6.45, 7) is 4.48. The highest BCUT2D eigenvalue weighted by Gasteiger charge is 2.57. The molecule has 7 nitrogen and oxygen atoms in total. The number of carbonyl (C=O) groups is 2. The van der Waals surface area contributed by atoms with E-state index in [1.54, 1.807) is 6.92 Å². The lowest BCUT2D eigenvalue weighted by Gasteiger charge is -2.47. The van der Waals surface area contributed by atoms with Crippen molar-refractivity contribution in [3.05, 3.63) is 71.8 Å². The quantitative estimate of drug-likeness (QED) is 0.214. The minimum absolute atomic E-state index is 0.0194. The first-order valence-corrected chi connectivity index (χ1v) is 15.2. The Bertz CT molecular complexity index is 1100. The Morgan fingerprint density at radius 3 is 1.93 bits per heavy atom. The van der Waals surface area contributed by atoms with E-state index in [0.29, 0.717) is 23.2 Å². The number of hydrogen-bond donors (Lipinski definition) is 0. The summed E-state index contributed by atoms with van der Waals surface area (Å²) in [4.78, 5) is 27.1. The number of quaternary nitrogens is 1. The molecule has 6 rings (SSSR count). The highest BCUT2D eigenvalue weighted by atomic mass is 16.8. The number of carbonyl (C=O) groups excluding carboxylic acids is 2. The number of piperidine rings is 1. The van der Waals surface area contributed by atoms with Gasteiger partial charge in [0.2, 0.25) is 11.9 Å². The van der Waals surface area contributed by atoms with E-state index >= 15 is 0 Å². The molecule has 2 bridgehead atoms. The van der Waals surface area contributed by atoms with E-state index < -0.39 is 24.0 Å². The van der Waals surface area contributed by atoms with Crippen molar-refractivity contribution in [1.82, 2.24) is 0 Å². The number of benzene rings is 2. The molecule has 7 heteroatoms. The van der Waals surface area contributed by atoms with Crippen LogP contribution in [0.1, 0.15) is 75.8 Å². The average Bonchev–Trinajstić information content (AvgIpc) is 3.48. The van der Waals surface area contributed by atoms with Crippen molar-refractivity contribution in [3.63, 3.8) is 0 Å². The summed E-state index contributed by atoms with van der Waals surface area (Å²) in [5.41, 5.74) is -0.277. The standard InChI is InChI=1S/C33H42NO6/c1-2-37-32(36)39-30(24-12-11-13-24)40-33(25-14-5-3-6-15-25,26-16-7-4-8-17-26)31(35)38-29-22-27-18-19-28(23-29)34(27)20-9-10-21-34/h3-8,14-17,24,27-30H,2,9-13,18-23H2,1H3/q+1. The van der Waals surface area contributed by atoms with Crippen molar-refractivity contribution < 1.29 is 33.0 Å². The molecule has 0 amide bonds. The third-order valence-electron chi connectivity index (χ3n) is 9.98. The molecule has 0 radical (unpaired) electrons. The second-order valence-corrected chi connectivity index (χ2v) is 12.0. The molecule has 0 N–H and O–H groups in total. The Morgan fingerprint density at radius 1 is 0.850 bits per heavy atom. The summed E-state index contributed by atoms with van der Waals surface area (Å²) in [5, 5.41) is 0. The number of rotatable bonds is 9. The summed E-state index contributed by atoms with van der Waals surface area (Å²) < 4.78 is 25.4. The van der Waals surface area contributed by atoms with Crippen LogP contribution in [0.5, 0.6) is 0 Å². The minimum atomic E-state index is -1.59. The van der Waals surface area contributed by atoms with Crippen molar-refractivity contribution in [3.8, 4) is 0 Å². The second-order valence-electron chi connectivity index (χ2n) is 12.0. The third-order valence-corrected chi connectivity index (χ3v) is 9.98. The van der Waals surface area contributed by atoms with Gasteiger partial charge in [-0.1, -0.05) is 67.1 Å². The van der Waals surface area contributed by atoms with Gasteiger partial charge in [-0.3, -0.25) is 0 Å². The minimum Gasteiger partial charge on any atom is -0.459 e. The Kier molecular flexibility index (Phi) is 7.87. The van der Waals surface area contributed by atoms with Crippen LogP contribution < -0.4 is 0 Å². The maximum absolute atomic E-state index is 14.6. The van der Waals surface area contributed by atoms with E-state index in [1.165, 1.54) is 43.3 Å². The fourth-order valence-corrected chi connectivity index (χ4v) is 7.82. The lowest BCUT2D eigenvalue weighted by molar-refractivity contribution is -0.956. The molecule has 2 aromatic carbocycles. The highest BCUT2D eigenvalue weighted by molar-refractivity contribution is 5.86. The van der Waals surface area contributed by atoms with Gasteiger partial charge in [0.25, 0.3) is 0 Å². The SMILES string of the molecule is CCOC(=O)OC(OC(C(=O)OC1CC2CCC(C1)[N+]21CCCC1)(c1ccccc1)c1ccccc1)C1CCC1. The maximum Gasteiger partial charge on any atom is 0.510 e. The van der Waals surface area contributed by atoms with Gasteiger partial charge in [0, 0.05) is 44.4 Å². The maximum atomic E-state index is 14.6. The summed E-state index contributed by atoms with van der Waals surface area (Å²) in [5.74, 6) is -0.463. The molecule has 3 atom stereocenters. The van der Waals surface area contributed by atoms with Crippen LogP contribution in [0.15, 0.2) is 60.7 Å². The van der Waals surface area contributed by atoms with Gasteiger partial charge in [0.1, 0.15) is 6.10 Å². The second kappa shape index (κ2) is 11.5. The van der Waals surface area contributed by atoms with Crippen molar-refractivity contribution in [1.29, 1.82) is 0 Å². The molecule has 4 fully saturated rings.